The van der Waals surface area contributed by atoms with Crippen molar-refractivity contribution in [1.82, 2.24) is 9.61 Å². The summed E-state index contributed by atoms with van der Waals surface area (Å²) in [6.45, 7) is 2.07. The van der Waals surface area contributed by atoms with Crippen LogP contribution in [0.4, 0.5) is 0 Å². The number of nitrogens with zero attached hydrogens (tertiary/aromatic N) is 2. The summed E-state index contributed by atoms with van der Waals surface area (Å²) < 4.78 is 1.87. The van der Waals surface area contributed by atoms with Gasteiger partial charge in [0, 0.05) is 11.8 Å². The minimum absolute atomic E-state index is 0. The van der Waals surface area contributed by atoms with E-state index < -0.39 is 0 Å². The first kappa shape index (κ1) is 10.9. The van der Waals surface area contributed by atoms with Crippen molar-refractivity contribution in [3.63, 3.8) is 0 Å². The molecule has 3 heteroatoms. The third kappa shape index (κ3) is 1.43. The van der Waals surface area contributed by atoms with Crippen molar-refractivity contribution in [1.29, 1.82) is 0 Å². The number of aldehydes is 1. The first-order chi connectivity index (χ1) is 7.31. The van der Waals surface area contributed by atoms with E-state index in [9.17, 15) is 4.79 Å². The summed E-state index contributed by atoms with van der Waals surface area (Å²) in [5.41, 5.74) is 4.28. The molecule has 84 valence electrons. The van der Waals surface area contributed by atoms with Crippen LogP contribution >= 0.6 is 0 Å². The lowest BCUT2D eigenvalue weighted by Crippen LogP contribution is -2.00. The zero-order chi connectivity index (χ0) is 10.4. The summed E-state index contributed by atoms with van der Waals surface area (Å²) in [6.07, 6.45) is 6.95. The standard InChI is InChI=1S/C12H12N2O.CH4/c1-8-4-5-14-12(8)11(9-2-3-9)10(7-15)6-13-14;/h4-7,9H,2-3H2,1H3;1H4. The van der Waals surface area contributed by atoms with Crippen LogP contribution in [0.3, 0.4) is 0 Å². The highest BCUT2D eigenvalue weighted by Crippen LogP contribution is 2.43. The van der Waals surface area contributed by atoms with Gasteiger partial charge in [0.05, 0.1) is 11.7 Å². The number of fused-ring (bicyclic) bond motifs is 1. The number of carbonyl (C=O) groups is 1. The van der Waals surface area contributed by atoms with E-state index >= 15 is 0 Å². The van der Waals surface area contributed by atoms with Crippen LogP contribution < -0.4 is 0 Å². The molecule has 0 N–H and O–H groups in total. The number of hydrogen-bond acceptors (Lipinski definition) is 2. The predicted molar refractivity (Wildman–Crippen MR) is 64.0 cm³/mol. The average molecular weight is 216 g/mol. The van der Waals surface area contributed by atoms with Crippen LogP contribution in [0.25, 0.3) is 5.52 Å². The Bertz CT molecular complexity index is 538. The number of aromatic nitrogens is 2. The molecule has 0 atom stereocenters. The fourth-order valence-corrected chi connectivity index (χ4v) is 2.17. The van der Waals surface area contributed by atoms with Gasteiger partial charge in [-0.3, -0.25) is 4.79 Å². The van der Waals surface area contributed by atoms with Crippen LogP contribution in [0.5, 0.6) is 0 Å². The van der Waals surface area contributed by atoms with Gasteiger partial charge in [-0.25, -0.2) is 4.52 Å². The van der Waals surface area contributed by atoms with Crippen LogP contribution in [-0.4, -0.2) is 15.9 Å². The molecule has 0 unspecified atom stereocenters. The Morgan fingerprint density at radius 2 is 2.25 bits per heavy atom. The molecule has 0 aliphatic heterocycles. The van der Waals surface area contributed by atoms with Crippen molar-refractivity contribution in [2.45, 2.75) is 33.1 Å². The molecule has 1 aliphatic rings. The molecule has 2 aromatic heterocycles. The van der Waals surface area contributed by atoms with Gasteiger partial charge in [-0.1, -0.05) is 7.43 Å². The van der Waals surface area contributed by atoms with Gasteiger partial charge < -0.3 is 0 Å². The quantitative estimate of drug-likeness (QED) is 0.723. The fourth-order valence-electron chi connectivity index (χ4n) is 2.17. The van der Waals surface area contributed by atoms with E-state index in [-0.39, 0.29) is 7.43 Å². The predicted octanol–water partition coefficient (Wildman–Crippen LogP) is 2.97. The monoisotopic (exact) mass is 216 g/mol. The zero-order valence-electron chi connectivity index (χ0n) is 8.60. The molecule has 2 aromatic rings. The number of carbonyl (C=O) groups excluding carboxylic acids is 1. The first-order valence-electron chi connectivity index (χ1n) is 5.23. The highest BCUT2D eigenvalue weighted by atomic mass is 16.1. The molecule has 0 radical (unpaired) electrons. The summed E-state index contributed by atoms with van der Waals surface area (Å²) in [7, 11) is 0. The highest BCUT2D eigenvalue weighted by Gasteiger charge is 2.29. The summed E-state index contributed by atoms with van der Waals surface area (Å²) in [6, 6.07) is 2.04. The number of aryl methyl sites for hydroxylation is 1. The Morgan fingerprint density at radius 3 is 2.88 bits per heavy atom. The van der Waals surface area contributed by atoms with Crippen LogP contribution in [0.2, 0.25) is 0 Å². The molecule has 3 nitrogen and oxygen atoms in total. The minimum atomic E-state index is 0. The highest BCUT2D eigenvalue weighted by molar-refractivity contribution is 5.82. The molecule has 0 spiro atoms. The average Bonchev–Trinajstić information content (AvgIpc) is 3.03. The maximum absolute atomic E-state index is 11.0. The molecule has 16 heavy (non-hydrogen) atoms. The van der Waals surface area contributed by atoms with Crippen molar-refractivity contribution in [3.8, 4) is 0 Å². The van der Waals surface area contributed by atoms with E-state index in [0.717, 1.165) is 17.4 Å². The lowest BCUT2D eigenvalue weighted by Gasteiger charge is -2.06. The van der Waals surface area contributed by atoms with E-state index in [1.165, 1.54) is 24.0 Å². The van der Waals surface area contributed by atoms with Gasteiger partial charge in [-0.15, -0.1) is 0 Å². The van der Waals surface area contributed by atoms with Crippen LogP contribution in [-0.2, 0) is 0 Å². The topological polar surface area (TPSA) is 34.4 Å². The largest absolute Gasteiger partial charge is 0.298 e. The molecule has 1 fully saturated rings. The number of rotatable bonds is 2. The Kier molecular flexibility index (Phi) is 2.54. The Morgan fingerprint density at radius 1 is 1.50 bits per heavy atom. The molecule has 0 saturated heterocycles. The maximum atomic E-state index is 11.0. The van der Waals surface area contributed by atoms with Crippen molar-refractivity contribution >= 4 is 11.8 Å². The van der Waals surface area contributed by atoms with Crippen LogP contribution in [0.15, 0.2) is 18.5 Å². The van der Waals surface area contributed by atoms with E-state index in [0.29, 0.717) is 5.92 Å². The summed E-state index contributed by atoms with van der Waals surface area (Å²) >= 11 is 0. The van der Waals surface area contributed by atoms with E-state index in [1.807, 2.05) is 16.8 Å². The second-order valence-corrected chi connectivity index (χ2v) is 4.20. The van der Waals surface area contributed by atoms with Crippen molar-refractivity contribution < 1.29 is 4.79 Å². The van der Waals surface area contributed by atoms with Gasteiger partial charge in [-0.05, 0) is 42.9 Å². The van der Waals surface area contributed by atoms with Gasteiger partial charge >= 0.3 is 0 Å². The van der Waals surface area contributed by atoms with Gasteiger partial charge in [0.1, 0.15) is 0 Å². The fraction of sp³-hybridized carbons (Fsp3) is 0.385. The second-order valence-electron chi connectivity index (χ2n) is 4.20. The van der Waals surface area contributed by atoms with E-state index in [1.54, 1.807) is 6.20 Å². The van der Waals surface area contributed by atoms with Crippen LogP contribution in [0.1, 0.15) is 47.7 Å². The second kappa shape index (κ2) is 3.74. The molecular weight excluding hydrogens is 200 g/mol. The van der Waals surface area contributed by atoms with E-state index in [2.05, 4.69) is 12.0 Å². The SMILES string of the molecule is C.Cc1ccn2ncc(C=O)c(C3CC3)c12. The maximum Gasteiger partial charge on any atom is 0.152 e. The van der Waals surface area contributed by atoms with E-state index in [4.69, 9.17) is 0 Å². The van der Waals surface area contributed by atoms with Gasteiger partial charge in [0.2, 0.25) is 0 Å². The van der Waals surface area contributed by atoms with Gasteiger partial charge in [0.15, 0.2) is 6.29 Å². The number of hydrogen-bond donors (Lipinski definition) is 0. The van der Waals surface area contributed by atoms with Crippen molar-refractivity contribution in [3.05, 3.63) is 35.2 Å². The molecule has 2 heterocycles. The summed E-state index contributed by atoms with van der Waals surface area (Å²) in [5, 5.41) is 4.23. The minimum Gasteiger partial charge on any atom is -0.298 e. The molecule has 0 aromatic carbocycles. The smallest absolute Gasteiger partial charge is 0.152 e. The first-order valence-corrected chi connectivity index (χ1v) is 5.23. The molecule has 1 saturated carbocycles. The third-order valence-electron chi connectivity index (χ3n) is 3.07. The van der Waals surface area contributed by atoms with Crippen molar-refractivity contribution in [2.24, 2.45) is 0 Å². The van der Waals surface area contributed by atoms with Crippen LogP contribution in [0, 0.1) is 6.92 Å². The molecular formula is C13H16N2O. The lowest BCUT2D eigenvalue weighted by molar-refractivity contribution is 0.112. The lowest BCUT2D eigenvalue weighted by atomic mass is 10.0. The normalized spacial score (nSPS) is 14.8. The molecule has 0 bridgehead atoms. The van der Waals surface area contributed by atoms with Crippen molar-refractivity contribution in [2.75, 3.05) is 0 Å². The third-order valence-corrected chi connectivity index (χ3v) is 3.07. The zero-order valence-corrected chi connectivity index (χ0v) is 8.60. The summed E-state index contributed by atoms with van der Waals surface area (Å²) in [4.78, 5) is 11.0. The Hall–Kier alpha value is -1.64. The van der Waals surface area contributed by atoms with Gasteiger partial charge in [0.25, 0.3) is 0 Å². The Balaban J connectivity index is 0.000000963. The summed E-state index contributed by atoms with van der Waals surface area (Å²) in [5.74, 6) is 0.573. The van der Waals surface area contributed by atoms with Gasteiger partial charge in [-0.2, -0.15) is 5.10 Å². The molecule has 3 rings (SSSR count). The Labute approximate surface area is 95.1 Å². The molecule has 0 amide bonds. The molecule has 1 aliphatic carbocycles.